The summed E-state index contributed by atoms with van der Waals surface area (Å²) in [6.45, 7) is 4.42. The minimum Gasteiger partial charge on any atom is -0.489 e. The van der Waals surface area contributed by atoms with Crippen molar-refractivity contribution in [3.05, 3.63) is 23.8 Å². The van der Waals surface area contributed by atoms with E-state index < -0.39 is 5.97 Å². The maximum absolute atomic E-state index is 11.2. The van der Waals surface area contributed by atoms with E-state index in [9.17, 15) is 4.79 Å². The lowest BCUT2D eigenvalue weighted by atomic mass is 9.82. The first-order valence-corrected chi connectivity index (χ1v) is 6.75. The largest absolute Gasteiger partial charge is 0.489 e. The number of ether oxygens (including phenoxy) is 1. The number of benzene rings is 1. The number of nitrogens with two attached hydrogens (primary N) is 1. The van der Waals surface area contributed by atoms with Crippen LogP contribution in [-0.2, 0) is 0 Å². The predicted molar refractivity (Wildman–Crippen MR) is 74.4 cm³/mol. The van der Waals surface area contributed by atoms with Crippen molar-refractivity contribution in [1.82, 2.24) is 0 Å². The van der Waals surface area contributed by atoms with Gasteiger partial charge in [0.25, 0.3) is 0 Å². The lowest BCUT2D eigenvalue weighted by molar-refractivity contribution is 0.0676. The molecule has 4 heteroatoms. The molecule has 4 nitrogen and oxygen atoms in total. The number of hydrogen-bond donors (Lipinski definition) is 2. The molecule has 1 aromatic carbocycles. The molecule has 0 aromatic heterocycles. The molecule has 0 aliphatic heterocycles. The fraction of sp³-hybridized carbons (Fsp3) is 0.533. The molecular formula is C15H21NO3. The van der Waals surface area contributed by atoms with Crippen LogP contribution in [0.25, 0.3) is 0 Å². The van der Waals surface area contributed by atoms with Crippen LogP contribution in [0.2, 0.25) is 0 Å². The molecule has 1 saturated carbocycles. The summed E-state index contributed by atoms with van der Waals surface area (Å²) >= 11 is 0. The SMILES string of the molecule is CC1CC(C)CC(Oc2cc(N)ccc2C(=O)O)C1. The van der Waals surface area contributed by atoms with E-state index in [-0.39, 0.29) is 11.7 Å². The van der Waals surface area contributed by atoms with Gasteiger partial charge in [-0.25, -0.2) is 4.79 Å². The van der Waals surface area contributed by atoms with Crippen molar-refractivity contribution in [1.29, 1.82) is 0 Å². The van der Waals surface area contributed by atoms with Gasteiger partial charge < -0.3 is 15.6 Å². The summed E-state index contributed by atoms with van der Waals surface area (Å²) in [5, 5.41) is 9.17. The van der Waals surface area contributed by atoms with Gasteiger partial charge in [0.15, 0.2) is 0 Å². The smallest absolute Gasteiger partial charge is 0.339 e. The zero-order valence-electron chi connectivity index (χ0n) is 11.4. The lowest BCUT2D eigenvalue weighted by Gasteiger charge is -2.32. The normalized spacial score (nSPS) is 26.9. The van der Waals surface area contributed by atoms with Crippen molar-refractivity contribution in [2.45, 2.75) is 39.2 Å². The molecule has 19 heavy (non-hydrogen) atoms. The van der Waals surface area contributed by atoms with Crippen LogP contribution >= 0.6 is 0 Å². The molecule has 104 valence electrons. The van der Waals surface area contributed by atoms with E-state index in [2.05, 4.69) is 13.8 Å². The van der Waals surface area contributed by atoms with Gasteiger partial charge in [-0.2, -0.15) is 0 Å². The number of rotatable bonds is 3. The average molecular weight is 263 g/mol. The number of nitrogen functional groups attached to an aromatic ring is 1. The van der Waals surface area contributed by atoms with E-state index in [0.29, 0.717) is 23.3 Å². The third kappa shape index (κ3) is 3.40. The molecule has 0 heterocycles. The van der Waals surface area contributed by atoms with E-state index in [1.54, 1.807) is 12.1 Å². The zero-order chi connectivity index (χ0) is 14.0. The molecule has 1 aliphatic rings. The topological polar surface area (TPSA) is 72.5 Å². The molecule has 0 bridgehead atoms. The Bertz CT molecular complexity index is 462. The highest BCUT2D eigenvalue weighted by Crippen LogP contribution is 2.33. The summed E-state index contributed by atoms with van der Waals surface area (Å²) in [7, 11) is 0. The van der Waals surface area contributed by atoms with Crippen molar-refractivity contribution in [2.75, 3.05) is 5.73 Å². The fourth-order valence-electron chi connectivity index (χ4n) is 2.96. The van der Waals surface area contributed by atoms with E-state index in [1.165, 1.54) is 12.5 Å². The summed E-state index contributed by atoms with van der Waals surface area (Å²) in [5.41, 5.74) is 6.42. The lowest BCUT2D eigenvalue weighted by Crippen LogP contribution is -2.29. The second-order valence-electron chi connectivity index (χ2n) is 5.72. The molecule has 0 spiro atoms. The second-order valence-corrected chi connectivity index (χ2v) is 5.72. The monoisotopic (exact) mass is 263 g/mol. The third-order valence-corrected chi connectivity index (χ3v) is 3.66. The quantitative estimate of drug-likeness (QED) is 0.821. The number of aromatic carboxylic acids is 1. The molecule has 2 unspecified atom stereocenters. The molecular weight excluding hydrogens is 242 g/mol. The number of carbonyl (C=O) groups is 1. The van der Waals surface area contributed by atoms with Crippen molar-refractivity contribution < 1.29 is 14.6 Å². The Morgan fingerprint density at radius 3 is 2.47 bits per heavy atom. The Labute approximate surface area is 113 Å². The van der Waals surface area contributed by atoms with Gasteiger partial charge in [0, 0.05) is 11.8 Å². The maximum atomic E-state index is 11.2. The highest BCUT2D eigenvalue weighted by molar-refractivity contribution is 5.91. The number of hydrogen-bond acceptors (Lipinski definition) is 3. The Morgan fingerprint density at radius 2 is 1.89 bits per heavy atom. The molecule has 3 N–H and O–H groups in total. The van der Waals surface area contributed by atoms with E-state index >= 15 is 0 Å². The molecule has 0 saturated heterocycles. The molecule has 1 fully saturated rings. The second kappa shape index (κ2) is 5.51. The average Bonchev–Trinajstić information content (AvgIpc) is 2.26. The fourth-order valence-corrected chi connectivity index (χ4v) is 2.96. The van der Waals surface area contributed by atoms with Crippen LogP contribution < -0.4 is 10.5 Å². The molecule has 0 amide bonds. The predicted octanol–water partition coefficient (Wildman–Crippen LogP) is 3.17. The first-order chi connectivity index (χ1) is 8.95. The van der Waals surface area contributed by atoms with Crippen LogP contribution in [-0.4, -0.2) is 17.2 Å². The van der Waals surface area contributed by atoms with Crippen molar-refractivity contribution in [3.63, 3.8) is 0 Å². The van der Waals surface area contributed by atoms with Gasteiger partial charge in [-0.15, -0.1) is 0 Å². The highest BCUT2D eigenvalue weighted by atomic mass is 16.5. The van der Waals surface area contributed by atoms with Crippen LogP contribution in [0.4, 0.5) is 5.69 Å². The number of carboxylic acid groups (broad SMARTS) is 1. The van der Waals surface area contributed by atoms with Crippen LogP contribution in [0.1, 0.15) is 43.5 Å². The van der Waals surface area contributed by atoms with Crippen molar-refractivity contribution >= 4 is 11.7 Å². The Balaban J connectivity index is 2.18. The van der Waals surface area contributed by atoms with Gasteiger partial charge >= 0.3 is 5.97 Å². The first kappa shape index (κ1) is 13.7. The van der Waals surface area contributed by atoms with Crippen LogP contribution in [0.15, 0.2) is 18.2 Å². The van der Waals surface area contributed by atoms with E-state index in [4.69, 9.17) is 15.6 Å². The van der Waals surface area contributed by atoms with Gasteiger partial charge in [-0.1, -0.05) is 13.8 Å². The Morgan fingerprint density at radius 1 is 1.26 bits per heavy atom. The molecule has 1 aliphatic carbocycles. The summed E-state index contributed by atoms with van der Waals surface area (Å²) in [5.74, 6) is 0.636. The van der Waals surface area contributed by atoms with Crippen molar-refractivity contribution in [3.8, 4) is 5.75 Å². The molecule has 2 rings (SSSR count). The Kier molecular flexibility index (Phi) is 3.98. The summed E-state index contributed by atoms with van der Waals surface area (Å²) in [6, 6.07) is 4.69. The van der Waals surface area contributed by atoms with E-state index in [0.717, 1.165) is 12.8 Å². The maximum Gasteiger partial charge on any atom is 0.339 e. The summed E-state index contributed by atoms with van der Waals surface area (Å²) in [6.07, 6.45) is 3.23. The minimum absolute atomic E-state index is 0.0821. The molecule has 1 aromatic rings. The van der Waals surface area contributed by atoms with Gasteiger partial charge in [0.1, 0.15) is 11.3 Å². The van der Waals surface area contributed by atoms with Crippen LogP contribution in [0.3, 0.4) is 0 Å². The standard InChI is InChI=1S/C15H21NO3/c1-9-5-10(2)7-12(6-9)19-14-8-11(16)3-4-13(14)15(17)18/h3-4,8-10,12H,5-7,16H2,1-2H3,(H,17,18). The van der Waals surface area contributed by atoms with Gasteiger partial charge in [-0.05, 0) is 43.2 Å². The number of carboxylic acids is 1. The van der Waals surface area contributed by atoms with Gasteiger partial charge in [0.05, 0.1) is 6.10 Å². The van der Waals surface area contributed by atoms with Gasteiger partial charge in [-0.3, -0.25) is 0 Å². The third-order valence-electron chi connectivity index (χ3n) is 3.66. The van der Waals surface area contributed by atoms with Gasteiger partial charge in [0.2, 0.25) is 0 Å². The van der Waals surface area contributed by atoms with Crippen molar-refractivity contribution in [2.24, 2.45) is 11.8 Å². The number of anilines is 1. The summed E-state index contributed by atoms with van der Waals surface area (Å²) < 4.78 is 5.91. The minimum atomic E-state index is -0.980. The Hall–Kier alpha value is -1.71. The first-order valence-electron chi connectivity index (χ1n) is 6.75. The zero-order valence-corrected chi connectivity index (χ0v) is 11.4. The molecule has 2 atom stereocenters. The van der Waals surface area contributed by atoms with Crippen LogP contribution in [0, 0.1) is 11.8 Å². The summed E-state index contributed by atoms with van der Waals surface area (Å²) in [4.78, 5) is 11.2. The molecule has 0 radical (unpaired) electrons. The highest BCUT2D eigenvalue weighted by Gasteiger charge is 2.26. The van der Waals surface area contributed by atoms with E-state index in [1.807, 2.05) is 0 Å². The van der Waals surface area contributed by atoms with Crippen LogP contribution in [0.5, 0.6) is 5.75 Å².